The molecule has 0 saturated carbocycles. The quantitative estimate of drug-likeness (QED) is 0.911. The fraction of sp³-hybridized carbons (Fsp3) is 0.333. The van der Waals surface area contributed by atoms with Crippen molar-refractivity contribution in [2.75, 3.05) is 6.61 Å². The van der Waals surface area contributed by atoms with E-state index in [1.807, 2.05) is 62.4 Å². The van der Waals surface area contributed by atoms with Crippen LogP contribution in [0.25, 0.3) is 0 Å². The molecule has 1 heterocycles. The van der Waals surface area contributed by atoms with Gasteiger partial charge in [0, 0.05) is 17.7 Å². The van der Waals surface area contributed by atoms with Gasteiger partial charge in [0.25, 0.3) is 0 Å². The molecule has 0 amide bonds. The zero-order valence-electron chi connectivity index (χ0n) is 12.3. The molecule has 0 saturated heterocycles. The van der Waals surface area contributed by atoms with Gasteiger partial charge in [-0.2, -0.15) is 0 Å². The standard InChI is InChI=1S/C18H20O3/c1-17(2)15-9-5-6-10-16(15)18(20,21-17)14-8-4-3-7-13(14)11-12-19/h3-10,19-20H,11-12H2,1-2H3. The summed E-state index contributed by atoms with van der Waals surface area (Å²) in [7, 11) is 0. The average Bonchev–Trinajstić information content (AvgIpc) is 2.68. The summed E-state index contributed by atoms with van der Waals surface area (Å²) in [6.07, 6.45) is 0.491. The molecule has 1 aliphatic rings. The third kappa shape index (κ3) is 2.18. The minimum Gasteiger partial charge on any atom is -0.396 e. The molecule has 2 aromatic carbocycles. The molecule has 21 heavy (non-hydrogen) atoms. The van der Waals surface area contributed by atoms with E-state index in [0.717, 1.165) is 16.7 Å². The Balaban J connectivity index is 2.19. The van der Waals surface area contributed by atoms with Crippen molar-refractivity contribution in [3.63, 3.8) is 0 Å². The molecular formula is C18H20O3. The Labute approximate surface area is 124 Å². The van der Waals surface area contributed by atoms with E-state index in [9.17, 15) is 10.2 Å². The molecule has 2 aromatic rings. The fourth-order valence-corrected chi connectivity index (χ4v) is 3.17. The molecule has 1 aliphatic heterocycles. The maximum Gasteiger partial charge on any atom is 0.221 e. The van der Waals surface area contributed by atoms with Gasteiger partial charge in [0.15, 0.2) is 0 Å². The number of aliphatic hydroxyl groups is 2. The number of aliphatic hydroxyl groups excluding tert-OH is 1. The summed E-state index contributed by atoms with van der Waals surface area (Å²) in [6, 6.07) is 15.3. The van der Waals surface area contributed by atoms with Crippen molar-refractivity contribution < 1.29 is 14.9 Å². The summed E-state index contributed by atoms with van der Waals surface area (Å²) < 4.78 is 6.05. The van der Waals surface area contributed by atoms with Crippen LogP contribution in [0.4, 0.5) is 0 Å². The van der Waals surface area contributed by atoms with Crippen LogP contribution < -0.4 is 0 Å². The first-order valence-corrected chi connectivity index (χ1v) is 7.21. The largest absolute Gasteiger partial charge is 0.396 e. The van der Waals surface area contributed by atoms with Gasteiger partial charge < -0.3 is 14.9 Å². The second-order valence-corrected chi connectivity index (χ2v) is 5.93. The summed E-state index contributed by atoms with van der Waals surface area (Å²) in [4.78, 5) is 0. The average molecular weight is 284 g/mol. The van der Waals surface area contributed by atoms with E-state index in [1.165, 1.54) is 0 Å². The van der Waals surface area contributed by atoms with Crippen LogP contribution in [0.2, 0.25) is 0 Å². The minimum absolute atomic E-state index is 0.0398. The molecule has 0 aliphatic carbocycles. The maximum absolute atomic E-state index is 11.3. The van der Waals surface area contributed by atoms with E-state index in [-0.39, 0.29) is 6.61 Å². The van der Waals surface area contributed by atoms with Crippen molar-refractivity contribution in [1.29, 1.82) is 0 Å². The molecule has 1 atom stereocenters. The van der Waals surface area contributed by atoms with E-state index in [1.54, 1.807) is 0 Å². The predicted molar refractivity (Wildman–Crippen MR) is 80.8 cm³/mol. The second-order valence-electron chi connectivity index (χ2n) is 5.93. The highest BCUT2D eigenvalue weighted by Crippen LogP contribution is 2.49. The van der Waals surface area contributed by atoms with Crippen LogP contribution in [0.15, 0.2) is 48.5 Å². The number of hydrogen-bond acceptors (Lipinski definition) is 3. The molecule has 0 fully saturated rings. The monoisotopic (exact) mass is 284 g/mol. The SMILES string of the molecule is CC1(C)OC(O)(c2ccccc2CCO)c2ccccc21. The van der Waals surface area contributed by atoms with Gasteiger partial charge in [-0.3, -0.25) is 0 Å². The molecule has 2 N–H and O–H groups in total. The third-order valence-electron chi connectivity index (χ3n) is 4.11. The topological polar surface area (TPSA) is 49.7 Å². The number of hydrogen-bond donors (Lipinski definition) is 2. The van der Waals surface area contributed by atoms with Gasteiger partial charge in [-0.25, -0.2) is 0 Å². The number of fused-ring (bicyclic) bond motifs is 1. The lowest BCUT2D eigenvalue weighted by molar-refractivity contribution is -0.222. The third-order valence-corrected chi connectivity index (χ3v) is 4.11. The molecule has 3 rings (SSSR count). The summed E-state index contributed by atoms with van der Waals surface area (Å²) >= 11 is 0. The lowest BCUT2D eigenvalue weighted by Crippen LogP contribution is -2.31. The molecule has 3 heteroatoms. The van der Waals surface area contributed by atoms with Gasteiger partial charge in [-0.05, 0) is 31.4 Å². The highest BCUT2D eigenvalue weighted by molar-refractivity contribution is 5.47. The van der Waals surface area contributed by atoms with E-state index >= 15 is 0 Å². The summed E-state index contributed by atoms with van der Waals surface area (Å²) in [5.74, 6) is -1.47. The molecule has 3 nitrogen and oxygen atoms in total. The highest BCUT2D eigenvalue weighted by Gasteiger charge is 2.49. The van der Waals surface area contributed by atoms with Crippen molar-refractivity contribution in [3.8, 4) is 0 Å². The molecule has 0 aromatic heterocycles. The molecule has 0 spiro atoms. The van der Waals surface area contributed by atoms with Crippen molar-refractivity contribution in [1.82, 2.24) is 0 Å². The van der Waals surface area contributed by atoms with Gasteiger partial charge in [0.1, 0.15) is 0 Å². The zero-order chi connectivity index (χ0) is 15.1. The first-order valence-electron chi connectivity index (χ1n) is 7.21. The van der Waals surface area contributed by atoms with E-state index in [2.05, 4.69) is 0 Å². The Bertz CT molecular complexity index is 663. The zero-order valence-corrected chi connectivity index (χ0v) is 12.3. The Kier molecular flexibility index (Phi) is 3.36. The smallest absolute Gasteiger partial charge is 0.221 e. The maximum atomic E-state index is 11.3. The van der Waals surface area contributed by atoms with E-state index in [0.29, 0.717) is 12.0 Å². The van der Waals surface area contributed by atoms with Crippen LogP contribution in [0.3, 0.4) is 0 Å². The Morgan fingerprint density at radius 1 is 0.905 bits per heavy atom. The van der Waals surface area contributed by atoms with Crippen LogP contribution in [-0.4, -0.2) is 16.8 Å². The minimum atomic E-state index is -1.47. The van der Waals surface area contributed by atoms with Gasteiger partial charge in [-0.15, -0.1) is 0 Å². The normalized spacial score (nSPS) is 23.0. The number of rotatable bonds is 3. The van der Waals surface area contributed by atoms with Crippen molar-refractivity contribution in [2.45, 2.75) is 31.7 Å². The summed E-state index contributed by atoms with van der Waals surface area (Å²) in [6.45, 7) is 3.95. The molecule has 0 bridgehead atoms. The van der Waals surface area contributed by atoms with E-state index in [4.69, 9.17) is 4.74 Å². The summed E-state index contributed by atoms with van der Waals surface area (Å²) in [5, 5.41) is 20.5. The molecule has 110 valence electrons. The van der Waals surface area contributed by atoms with Crippen molar-refractivity contribution in [2.24, 2.45) is 0 Å². The Morgan fingerprint density at radius 2 is 1.48 bits per heavy atom. The van der Waals surface area contributed by atoms with E-state index < -0.39 is 11.4 Å². The van der Waals surface area contributed by atoms with Crippen molar-refractivity contribution >= 4 is 0 Å². The molecular weight excluding hydrogens is 264 g/mol. The first kappa shape index (κ1) is 14.3. The van der Waals surface area contributed by atoms with Crippen LogP contribution in [-0.2, 0) is 22.5 Å². The summed E-state index contributed by atoms with van der Waals surface area (Å²) in [5.41, 5.74) is 2.82. The fourth-order valence-electron chi connectivity index (χ4n) is 3.17. The molecule has 0 radical (unpaired) electrons. The second kappa shape index (κ2) is 4.95. The Morgan fingerprint density at radius 3 is 2.14 bits per heavy atom. The van der Waals surface area contributed by atoms with Crippen LogP contribution >= 0.6 is 0 Å². The van der Waals surface area contributed by atoms with Gasteiger partial charge in [0.2, 0.25) is 5.79 Å². The highest BCUT2D eigenvalue weighted by atomic mass is 16.6. The lowest BCUT2D eigenvalue weighted by atomic mass is 9.89. The predicted octanol–water partition coefficient (Wildman–Crippen LogP) is 2.68. The van der Waals surface area contributed by atoms with Crippen LogP contribution in [0.5, 0.6) is 0 Å². The first-order chi connectivity index (χ1) is 9.99. The Hall–Kier alpha value is -1.68. The van der Waals surface area contributed by atoms with Gasteiger partial charge >= 0.3 is 0 Å². The number of ether oxygens (including phenoxy) is 1. The van der Waals surface area contributed by atoms with Gasteiger partial charge in [-0.1, -0.05) is 48.5 Å². The number of benzene rings is 2. The molecule has 1 unspecified atom stereocenters. The lowest BCUT2D eigenvalue weighted by Gasteiger charge is -2.29. The van der Waals surface area contributed by atoms with Gasteiger partial charge in [0.05, 0.1) is 5.60 Å². The van der Waals surface area contributed by atoms with Crippen LogP contribution in [0.1, 0.15) is 36.1 Å². The van der Waals surface area contributed by atoms with Crippen molar-refractivity contribution in [3.05, 3.63) is 70.8 Å². The van der Waals surface area contributed by atoms with Crippen LogP contribution in [0, 0.1) is 0 Å².